The van der Waals surface area contributed by atoms with E-state index in [0.29, 0.717) is 0 Å². The molecule has 0 bridgehead atoms. The summed E-state index contributed by atoms with van der Waals surface area (Å²) in [6.07, 6.45) is 0. The molecule has 0 aromatic carbocycles. The van der Waals surface area contributed by atoms with Crippen LogP contribution in [0.1, 0.15) is 0 Å². The van der Waals surface area contributed by atoms with Crippen LogP contribution in [0.25, 0.3) is 0 Å². The standard InChI is InChI=1S/C10H16N2O8.2Pb/c13-7(14)3-11(4-8(15)16)1-2-12(5-9(17)18)6-10(19)20;;/h1-6H2,(H,13,14)(H,15,16)(H,17,18)(H,19,20);;/q;2*+2/p-4. The third-order valence-electron chi connectivity index (χ3n) is 2.14. The van der Waals surface area contributed by atoms with Crippen molar-refractivity contribution in [1.82, 2.24) is 9.80 Å². The van der Waals surface area contributed by atoms with Crippen molar-refractivity contribution in [3.8, 4) is 0 Å². The Kier molecular flexibility index (Phi) is 17.2. The zero-order chi connectivity index (χ0) is 15.7. The van der Waals surface area contributed by atoms with E-state index in [1.165, 1.54) is 0 Å². The second-order valence-corrected chi connectivity index (χ2v) is 3.91. The number of carboxylic acids is 4. The summed E-state index contributed by atoms with van der Waals surface area (Å²) in [6.45, 7) is -3.25. The van der Waals surface area contributed by atoms with Crippen molar-refractivity contribution in [3.63, 3.8) is 0 Å². The minimum absolute atomic E-state index is 0. The summed E-state index contributed by atoms with van der Waals surface area (Å²) in [4.78, 5) is 43.4. The van der Waals surface area contributed by atoms with Gasteiger partial charge in [0.05, 0.1) is 23.9 Å². The molecule has 0 atom stereocenters. The minimum atomic E-state index is -1.53. The number of aliphatic carboxylic acids is 4. The van der Waals surface area contributed by atoms with Crippen LogP contribution >= 0.6 is 0 Å². The van der Waals surface area contributed by atoms with Crippen molar-refractivity contribution >= 4 is 78.5 Å². The monoisotopic (exact) mass is 704 g/mol. The van der Waals surface area contributed by atoms with E-state index in [9.17, 15) is 39.6 Å². The number of carbonyl (C=O) groups is 4. The Hall–Kier alpha value is -0.356. The minimum Gasteiger partial charge on any atom is -0.549 e. The predicted molar refractivity (Wildman–Crippen MR) is 64.4 cm³/mol. The third kappa shape index (κ3) is 16.0. The molecule has 0 fully saturated rings. The van der Waals surface area contributed by atoms with Gasteiger partial charge in [0.15, 0.2) is 0 Å². The zero-order valence-electron chi connectivity index (χ0n) is 11.4. The van der Waals surface area contributed by atoms with Crippen molar-refractivity contribution in [2.75, 3.05) is 39.3 Å². The number of hydrogen-bond donors (Lipinski definition) is 0. The van der Waals surface area contributed by atoms with Gasteiger partial charge in [-0.1, -0.05) is 0 Å². The molecule has 0 amide bonds. The Bertz CT molecular complexity index is 325. The van der Waals surface area contributed by atoms with E-state index in [1.807, 2.05) is 0 Å². The Balaban J connectivity index is -0.00000180. The molecule has 0 aromatic rings. The Morgan fingerprint density at radius 2 is 0.727 bits per heavy atom. The number of carbonyl (C=O) groups excluding carboxylic acids is 4. The quantitative estimate of drug-likeness (QED) is 0.189. The molecule has 22 heavy (non-hydrogen) atoms. The predicted octanol–water partition coefficient (Wildman–Crippen LogP) is -8.17. The maximum Gasteiger partial charge on any atom is 2.00 e. The zero-order valence-corrected chi connectivity index (χ0v) is 19.2. The first-order chi connectivity index (χ1) is 9.20. The van der Waals surface area contributed by atoms with Crippen LogP contribution < -0.4 is 20.4 Å². The molecular formula is C10H12N2O8Pb2. The molecule has 0 heterocycles. The molecule has 10 nitrogen and oxygen atoms in total. The number of carboxylic acid groups (broad SMARTS) is 4. The first kappa shape index (κ1) is 26.5. The van der Waals surface area contributed by atoms with E-state index in [0.717, 1.165) is 9.80 Å². The average Bonchev–Trinajstić information content (AvgIpc) is 2.22. The number of rotatable bonds is 11. The largest absolute Gasteiger partial charge is 2.00 e. The fourth-order valence-electron chi connectivity index (χ4n) is 1.44. The molecule has 4 radical (unpaired) electrons. The fourth-order valence-corrected chi connectivity index (χ4v) is 1.44. The van der Waals surface area contributed by atoms with Gasteiger partial charge in [0.25, 0.3) is 0 Å². The SMILES string of the molecule is O=C([O-])CN(CCN(CC(=O)[O-])CC(=O)[O-])CC(=O)[O-].[Pb+2].[Pb+2]. The van der Waals surface area contributed by atoms with Crippen molar-refractivity contribution in [2.45, 2.75) is 0 Å². The molecule has 118 valence electrons. The maximum absolute atomic E-state index is 10.4. The molecule has 0 spiro atoms. The first-order valence-electron chi connectivity index (χ1n) is 5.44. The normalized spacial score (nSPS) is 9.73. The van der Waals surface area contributed by atoms with Gasteiger partial charge in [-0.25, -0.2) is 0 Å². The van der Waals surface area contributed by atoms with E-state index in [4.69, 9.17) is 0 Å². The fraction of sp³-hybridized carbons (Fsp3) is 0.600. The van der Waals surface area contributed by atoms with Gasteiger partial charge >= 0.3 is 54.6 Å². The first-order valence-corrected chi connectivity index (χ1v) is 5.44. The van der Waals surface area contributed by atoms with E-state index >= 15 is 0 Å². The number of nitrogens with zero attached hydrogens (tertiary/aromatic N) is 2. The summed E-state index contributed by atoms with van der Waals surface area (Å²) in [7, 11) is 0. The topological polar surface area (TPSA) is 167 Å². The molecule has 0 aromatic heterocycles. The van der Waals surface area contributed by atoms with Gasteiger partial charge in [-0.05, 0) is 0 Å². The van der Waals surface area contributed by atoms with Gasteiger partial charge < -0.3 is 39.6 Å². The summed E-state index contributed by atoms with van der Waals surface area (Å²) in [5.41, 5.74) is 0. The van der Waals surface area contributed by atoms with Crippen LogP contribution in [0, 0.1) is 0 Å². The summed E-state index contributed by atoms with van der Waals surface area (Å²) >= 11 is 0. The average molecular weight is 703 g/mol. The molecule has 0 rings (SSSR count). The van der Waals surface area contributed by atoms with Crippen molar-refractivity contribution < 1.29 is 39.6 Å². The maximum atomic E-state index is 10.4. The van der Waals surface area contributed by atoms with Gasteiger partial charge in [-0.2, -0.15) is 0 Å². The van der Waals surface area contributed by atoms with Crippen LogP contribution in [0.4, 0.5) is 0 Å². The van der Waals surface area contributed by atoms with Gasteiger partial charge in [0, 0.05) is 39.3 Å². The molecule has 12 heteroatoms. The van der Waals surface area contributed by atoms with Gasteiger partial charge in [-0.3, -0.25) is 9.80 Å². The summed E-state index contributed by atoms with van der Waals surface area (Å²) in [5.74, 6) is -6.12. The van der Waals surface area contributed by atoms with Crippen LogP contribution in [0.5, 0.6) is 0 Å². The molecular weight excluding hydrogens is 691 g/mol. The smallest absolute Gasteiger partial charge is 0.549 e. The van der Waals surface area contributed by atoms with Crippen molar-refractivity contribution in [2.24, 2.45) is 0 Å². The van der Waals surface area contributed by atoms with E-state index in [2.05, 4.69) is 0 Å². The molecule has 0 unspecified atom stereocenters. The van der Waals surface area contributed by atoms with Crippen LogP contribution in [-0.4, -0.2) is 128 Å². The van der Waals surface area contributed by atoms with E-state index in [1.54, 1.807) is 0 Å². The number of hydrogen-bond acceptors (Lipinski definition) is 10. The van der Waals surface area contributed by atoms with Crippen molar-refractivity contribution in [1.29, 1.82) is 0 Å². The Labute approximate surface area is 166 Å². The van der Waals surface area contributed by atoms with E-state index < -0.39 is 50.1 Å². The summed E-state index contributed by atoms with van der Waals surface area (Å²) in [5, 5.41) is 41.6. The van der Waals surface area contributed by atoms with E-state index in [-0.39, 0.29) is 67.7 Å². The molecule has 0 aliphatic heterocycles. The molecule has 0 aliphatic carbocycles. The Morgan fingerprint density at radius 3 is 0.864 bits per heavy atom. The van der Waals surface area contributed by atoms with Gasteiger partial charge in [0.2, 0.25) is 0 Å². The van der Waals surface area contributed by atoms with Crippen LogP contribution in [0.3, 0.4) is 0 Å². The molecule has 0 saturated heterocycles. The van der Waals surface area contributed by atoms with Gasteiger partial charge in [-0.15, -0.1) is 0 Å². The van der Waals surface area contributed by atoms with Crippen LogP contribution in [-0.2, 0) is 19.2 Å². The van der Waals surface area contributed by atoms with Crippen LogP contribution in [0.15, 0.2) is 0 Å². The molecule has 0 saturated carbocycles. The summed E-state index contributed by atoms with van der Waals surface area (Å²) in [6, 6.07) is 0. The summed E-state index contributed by atoms with van der Waals surface area (Å²) < 4.78 is 0. The second kappa shape index (κ2) is 14.3. The Morgan fingerprint density at radius 1 is 0.545 bits per heavy atom. The van der Waals surface area contributed by atoms with Crippen molar-refractivity contribution in [3.05, 3.63) is 0 Å². The third-order valence-corrected chi connectivity index (χ3v) is 2.14. The van der Waals surface area contributed by atoms with Crippen LogP contribution in [0.2, 0.25) is 0 Å². The second-order valence-electron chi connectivity index (χ2n) is 3.91. The molecule has 0 aliphatic rings. The molecule has 0 N–H and O–H groups in total. The van der Waals surface area contributed by atoms with Gasteiger partial charge in [0.1, 0.15) is 0 Å².